The summed E-state index contributed by atoms with van der Waals surface area (Å²) in [6.45, 7) is 2.66. The molecule has 5 heteroatoms. The maximum Gasteiger partial charge on any atom is 0.254 e. The molecule has 1 saturated heterocycles. The molecule has 1 aliphatic heterocycles. The van der Waals surface area contributed by atoms with Gasteiger partial charge in [0.25, 0.3) is 5.91 Å². The predicted molar refractivity (Wildman–Crippen MR) is 75.1 cm³/mol. The van der Waals surface area contributed by atoms with Crippen molar-refractivity contribution in [2.75, 3.05) is 13.2 Å². The second kappa shape index (κ2) is 6.52. The molecule has 5 nitrogen and oxygen atoms in total. The molecular formula is C15H20N2O3. The average Bonchev–Trinajstić information content (AvgIpc) is 2.93. The van der Waals surface area contributed by atoms with Crippen molar-refractivity contribution in [1.29, 1.82) is 0 Å². The first-order valence-electron chi connectivity index (χ1n) is 6.87. The van der Waals surface area contributed by atoms with Crippen molar-refractivity contribution in [2.45, 2.75) is 32.4 Å². The maximum absolute atomic E-state index is 12.3. The fourth-order valence-corrected chi connectivity index (χ4v) is 2.45. The number of likely N-dealkylation sites (tertiary alicyclic amines) is 1. The first-order chi connectivity index (χ1) is 9.61. The Morgan fingerprint density at radius 1 is 1.35 bits per heavy atom. The van der Waals surface area contributed by atoms with Crippen LogP contribution in [0.25, 0.3) is 0 Å². The first-order valence-corrected chi connectivity index (χ1v) is 6.87. The van der Waals surface area contributed by atoms with Crippen molar-refractivity contribution >= 4 is 11.8 Å². The van der Waals surface area contributed by atoms with Crippen LogP contribution in [0.5, 0.6) is 0 Å². The maximum atomic E-state index is 12.3. The average molecular weight is 276 g/mol. The summed E-state index contributed by atoms with van der Waals surface area (Å²) < 4.78 is 0. The third-order valence-corrected chi connectivity index (χ3v) is 3.59. The van der Waals surface area contributed by atoms with Gasteiger partial charge < -0.3 is 15.3 Å². The predicted octanol–water partition coefficient (Wildman–Crippen LogP) is 0.920. The molecule has 0 bridgehead atoms. The van der Waals surface area contributed by atoms with Crippen LogP contribution in [-0.4, -0.2) is 41.0 Å². The quantitative estimate of drug-likeness (QED) is 0.859. The number of carbonyl (C=O) groups excluding carboxylic acids is 2. The third-order valence-electron chi connectivity index (χ3n) is 3.59. The van der Waals surface area contributed by atoms with E-state index in [1.807, 2.05) is 12.1 Å². The highest BCUT2D eigenvalue weighted by Gasteiger charge is 2.28. The molecule has 20 heavy (non-hydrogen) atoms. The smallest absolute Gasteiger partial charge is 0.254 e. The highest BCUT2D eigenvalue weighted by Crippen LogP contribution is 2.19. The number of nitrogens with zero attached hydrogens (tertiary/aromatic N) is 1. The van der Waals surface area contributed by atoms with Crippen LogP contribution >= 0.6 is 0 Å². The van der Waals surface area contributed by atoms with Crippen LogP contribution < -0.4 is 5.32 Å². The Kier molecular flexibility index (Phi) is 4.74. The summed E-state index contributed by atoms with van der Waals surface area (Å²) in [4.78, 5) is 24.9. The van der Waals surface area contributed by atoms with Gasteiger partial charge in [0, 0.05) is 25.6 Å². The van der Waals surface area contributed by atoms with Gasteiger partial charge in [0.2, 0.25) is 5.91 Å². The number of rotatable bonds is 4. The molecule has 1 aromatic carbocycles. The van der Waals surface area contributed by atoms with E-state index in [9.17, 15) is 14.7 Å². The summed E-state index contributed by atoms with van der Waals surface area (Å²) in [5.41, 5.74) is 1.58. The number of hydrogen-bond acceptors (Lipinski definition) is 3. The highest BCUT2D eigenvalue weighted by atomic mass is 16.3. The summed E-state index contributed by atoms with van der Waals surface area (Å²) in [6, 6.07) is 7.17. The molecule has 0 aliphatic carbocycles. The van der Waals surface area contributed by atoms with Gasteiger partial charge in [-0.25, -0.2) is 0 Å². The number of carbonyl (C=O) groups is 2. The SMILES string of the molecule is CC(=O)NCc1ccc(C(=O)N2CCC[C@H]2CO)cc1. The summed E-state index contributed by atoms with van der Waals surface area (Å²) in [5, 5.41) is 12.0. The molecule has 0 spiro atoms. The zero-order valence-corrected chi connectivity index (χ0v) is 11.6. The Hall–Kier alpha value is -1.88. The van der Waals surface area contributed by atoms with Gasteiger partial charge in [0.05, 0.1) is 12.6 Å². The van der Waals surface area contributed by atoms with Crippen molar-refractivity contribution < 1.29 is 14.7 Å². The van der Waals surface area contributed by atoms with Gasteiger partial charge in [0.15, 0.2) is 0 Å². The number of aliphatic hydroxyl groups excluding tert-OH is 1. The normalized spacial score (nSPS) is 18.1. The van der Waals surface area contributed by atoms with E-state index in [1.54, 1.807) is 17.0 Å². The third kappa shape index (κ3) is 3.36. The minimum absolute atomic E-state index is 0.0202. The zero-order valence-electron chi connectivity index (χ0n) is 11.6. The number of nitrogens with one attached hydrogen (secondary N) is 1. The topological polar surface area (TPSA) is 69.6 Å². The van der Waals surface area contributed by atoms with E-state index in [2.05, 4.69) is 5.32 Å². The van der Waals surface area contributed by atoms with Gasteiger partial charge >= 0.3 is 0 Å². The first kappa shape index (κ1) is 14.5. The molecule has 0 unspecified atom stereocenters. The molecule has 2 rings (SSSR count). The molecule has 1 atom stereocenters. The minimum atomic E-state index is -0.0759. The lowest BCUT2D eigenvalue weighted by Gasteiger charge is -2.23. The Balaban J connectivity index is 2.02. The van der Waals surface area contributed by atoms with Crippen LogP contribution in [-0.2, 0) is 11.3 Å². The van der Waals surface area contributed by atoms with E-state index in [4.69, 9.17) is 0 Å². The molecule has 108 valence electrons. The van der Waals surface area contributed by atoms with Crippen molar-refractivity contribution in [3.05, 3.63) is 35.4 Å². The molecule has 0 saturated carbocycles. The molecule has 1 heterocycles. The molecule has 1 fully saturated rings. The molecular weight excluding hydrogens is 256 g/mol. The van der Waals surface area contributed by atoms with Crippen LogP contribution in [0.15, 0.2) is 24.3 Å². The van der Waals surface area contributed by atoms with Crippen LogP contribution in [0.3, 0.4) is 0 Å². The van der Waals surface area contributed by atoms with E-state index < -0.39 is 0 Å². The Morgan fingerprint density at radius 2 is 2.05 bits per heavy atom. The van der Waals surface area contributed by atoms with Gasteiger partial charge in [-0.05, 0) is 30.5 Å². The van der Waals surface area contributed by atoms with Gasteiger partial charge in [0.1, 0.15) is 0 Å². The minimum Gasteiger partial charge on any atom is -0.394 e. The lowest BCUT2D eigenvalue weighted by Crippen LogP contribution is -2.37. The number of amides is 2. The molecule has 0 aromatic heterocycles. The summed E-state index contributed by atoms with van der Waals surface area (Å²) in [7, 11) is 0. The second-order valence-corrected chi connectivity index (χ2v) is 5.08. The summed E-state index contributed by atoms with van der Waals surface area (Å²) >= 11 is 0. The second-order valence-electron chi connectivity index (χ2n) is 5.08. The molecule has 2 N–H and O–H groups in total. The van der Waals surface area contributed by atoms with Crippen molar-refractivity contribution in [3.8, 4) is 0 Å². The van der Waals surface area contributed by atoms with Crippen molar-refractivity contribution in [1.82, 2.24) is 10.2 Å². The van der Waals surface area contributed by atoms with Crippen LogP contribution in [0, 0.1) is 0 Å². The van der Waals surface area contributed by atoms with E-state index in [1.165, 1.54) is 6.92 Å². The standard InChI is InChI=1S/C15H20N2O3/c1-11(19)16-9-12-4-6-13(7-5-12)15(20)17-8-2-3-14(17)10-18/h4-7,14,18H,2-3,8-10H2,1H3,(H,16,19)/t14-/m0/s1. The zero-order chi connectivity index (χ0) is 14.5. The van der Waals surface area contributed by atoms with E-state index >= 15 is 0 Å². The van der Waals surface area contributed by atoms with E-state index in [-0.39, 0.29) is 24.5 Å². The lowest BCUT2D eigenvalue weighted by molar-refractivity contribution is -0.119. The summed E-state index contributed by atoms with van der Waals surface area (Å²) in [6.07, 6.45) is 1.81. The number of hydrogen-bond donors (Lipinski definition) is 2. The van der Waals surface area contributed by atoms with Crippen LogP contribution in [0.2, 0.25) is 0 Å². The Morgan fingerprint density at radius 3 is 2.65 bits per heavy atom. The largest absolute Gasteiger partial charge is 0.394 e. The van der Waals surface area contributed by atoms with Crippen molar-refractivity contribution in [2.24, 2.45) is 0 Å². The Labute approximate surface area is 118 Å². The van der Waals surface area contributed by atoms with Crippen LogP contribution in [0.4, 0.5) is 0 Å². The fourth-order valence-electron chi connectivity index (χ4n) is 2.45. The summed E-state index contributed by atoms with van der Waals surface area (Å²) in [5.74, 6) is -0.111. The van der Waals surface area contributed by atoms with E-state index in [0.29, 0.717) is 18.7 Å². The molecule has 2 amide bonds. The van der Waals surface area contributed by atoms with Gasteiger partial charge in [-0.3, -0.25) is 9.59 Å². The molecule has 1 aromatic rings. The number of benzene rings is 1. The number of aliphatic hydroxyl groups is 1. The van der Waals surface area contributed by atoms with Gasteiger partial charge in [-0.2, -0.15) is 0 Å². The molecule has 1 aliphatic rings. The van der Waals surface area contributed by atoms with Crippen molar-refractivity contribution in [3.63, 3.8) is 0 Å². The van der Waals surface area contributed by atoms with Gasteiger partial charge in [-0.15, -0.1) is 0 Å². The monoisotopic (exact) mass is 276 g/mol. The van der Waals surface area contributed by atoms with Gasteiger partial charge in [-0.1, -0.05) is 12.1 Å². The Bertz CT molecular complexity index is 484. The fraction of sp³-hybridized carbons (Fsp3) is 0.467. The van der Waals surface area contributed by atoms with E-state index in [0.717, 1.165) is 18.4 Å². The highest BCUT2D eigenvalue weighted by molar-refractivity contribution is 5.94. The lowest BCUT2D eigenvalue weighted by atomic mass is 10.1. The van der Waals surface area contributed by atoms with Crippen LogP contribution in [0.1, 0.15) is 35.7 Å². The molecule has 0 radical (unpaired) electrons.